The number of nitrogens with one attached hydrogen (secondary N) is 1. The number of rotatable bonds is 6. The normalized spacial score (nSPS) is 13.6. The highest BCUT2D eigenvalue weighted by atomic mass is 16.5. The molecule has 1 heterocycles. The quantitative estimate of drug-likeness (QED) is 0.643. The summed E-state index contributed by atoms with van der Waals surface area (Å²) in [5.74, 6) is -1.57. The zero-order valence-electron chi connectivity index (χ0n) is 12.3. The van der Waals surface area contributed by atoms with E-state index in [1.165, 1.54) is 0 Å². The third-order valence-electron chi connectivity index (χ3n) is 3.40. The van der Waals surface area contributed by atoms with Crippen molar-refractivity contribution in [1.82, 2.24) is 5.32 Å². The molecule has 5 heteroatoms. The highest BCUT2D eigenvalue weighted by molar-refractivity contribution is 6.17. The van der Waals surface area contributed by atoms with Gasteiger partial charge in [-0.05, 0) is 23.1 Å². The van der Waals surface area contributed by atoms with Crippen LogP contribution in [0.25, 0.3) is 6.08 Å². The summed E-state index contributed by atoms with van der Waals surface area (Å²) in [7, 11) is 0. The van der Waals surface area contributed by atoms with E-state index in [0.29, 0.717) is 0 Å². The minimum absolute atomic E-state index is 0.132. The third-order valence-corrected chi connectivity index (χ3v) is 3.40. The SMILES string of the molecule is C=Cc1ccc(COC(=O)CC2=CC(=O)NC2=O)c(CC)c1. The van der Waals surface area contributed by atoms with Crippen molar-refractivity contribution < 1.29 is 19.1 Å². The van der Waals surface area contributed by atoms with Crippen LogP contribution in [0, 0.1) is 0 Å². The van der Waals surface area contributed by atoms with Crippen molar-refractivity contribution in [2.24, 2.45) is 0 Å². The van der Waals surface area contributed by atoms with Gasteiger partial charge in [0.05, 0.1) is 6.42 Å². The van der Waals surface area contributed by atoms with E-state index in [1.54, 1.807) is 6.08 Å². The first kappa shape index (κ1) is 15.7. The van der Waals surface area contributed by atoms with Crippen LogP contribution in [0.3, 0.4) is 0 Å². The van der Waals surface area contributed by atoms with Crippen molar-refractivity contribution in [2.45, 2.75) is 26.4 Å². The lowest BCUT2D eigenvalue weighted by atomic mass is 10.0. The number of carbonyl (C=O) groups excluding carboxylic acids is 3. The first-order valence-electron chi connectivity index (χ1n) is 6.99. The molecule has 0 atom stereocenters. The Morgan fingerprint density at radius 1 is 1.32 bits per heavy atom. The van der Waals surface area contributed by atoms with Crippen LogP contribution in [0.2, 0.25) is 0 Å². The third kappa shape index (κ3) is 3.69. The van der Waals surface area contributed by atoms with E-state index in [0.717, 1.165) is 29.2 Å². The topological polar surface area (TPSA) is 72.5 Å². The summed E-state index contributed by atoms with van der Waals surface area (Å²) in [5.41, 5.74) is 3.14. The van der Waals surface area contributed by atoms with E-state index in [4.69, 9.17) is 4.74 Å². The van der Waals surface area contributed by atoms with Crippen molar-refractivity contribution in [3.63, 3.8) is 0 Å². The number of amides is 2. The van der Waals surface area contributed by atoms with Gasteiger partial charge in [0.25, 0.3) is 11.8 Å². The van der Waals surface area contributed by atoms with Crippen LogP contribution in [0.1, 0.15) is 30.0 Å². The Bertz CT molecular complexity index is 673. The van der Waals surface area contributed by atoms with Crippen LogP contribution in [0.4, 0.5) is 0 Å². The summed E-state index contributed by atoms with van der Waals surface area (Å²) in [6, 6.07) is 5.80. The van der Waals surface area contributed by atoms with Gasteiger partial charge in [0, 0.05) is 11.6 Å². The molecular formula is C17H17NO4. The Labute approximate surface area is 128 Å². The van der Waals surface area contributed by atoms with Gasteiger partial charge < -0.3 is 4.74 Å². The van der Waals surface area contributed by atoms with Gasteiger partial charge in [0.2, 0.25) is 0 Å². The Kier molecular flexibility index (Phi) is 4.88. The Morgan fingerprint density at radius 2 is 2.09 bits per heavy atom. The average Bonchev–Trinajstić information content (AvgIpc) is 2.82. The second-order valence-electron chi connectivity index (χ2n) is 4.91. The smallest absolute Gasteiger partial charge is 0.310 e. The molecule has 2 amide bonds. The Balaban J connectivity index is 1.97. The molecule has 1 aliphatic heterocycles. The van der Waals surface area contributed by atoms with Gasteiger partial charge in [-0.15, -0.1) is 0 Å². The lowest BCUT2D eigenvalue weighted by Crippen LogP contribution is -2.23. The lowest BCUT2D eigenvalue weighted by molar-refractivity contribution is -0.144. The molecule has 0 unspecified atom stereocenters. The fourth-order valence-corrected chi connectivity index (χ4v) is 2.19. The fraction of sp³-hybridized carbons (Fsp3) is 0.235. The molecule has 22 heavy (non-hydrogen) atoms. The maximum Gasteiger partial charge on any atom is 0.310 e. The molecule has 1 aromatic rings. The summed E-state index contributed by atoms with van der Waals surface area (Å²) < 4.78 is 5.19. The van der Waals surface area contributed by atoms with Crippen LogP contribution in [0.5, 0.6) is 0 Å². The second-order valence-corrected chi connectivity index (χ2v) is 4.91. The summed E-state index contributed by atoms with van der Waals surface area (Å²) in [6.45, 7) is 5.89. The van der Waals surface area contributed by atoms with Gasteiger partial charge in [-0.25, -0.2) is 0 Å². The van der Waals surface area contributed by atoms with Gasteiger partial charge in [-0.1, -0.05) is 37.8 Å². The molecule has 0 aliphatic carbocycles. The zero-order valence-corrected chi connectivity index (χ0v) is 12.3. The molecule has 1 N–H and O–H groups in total. The van der Waals surface area contributed by atoms with Gasteiger partial charge in [-0.3, -0.25) is 19.7 Å². The van der Waals surface area contributed by atoms with Gasteiger partial charge in [0.15, 0.2) is 0 Å². The number of hydrogen-bond acceptors (Lipinski definition) is 4. The van der Waals surface area contributed by atoms with Gasteiger partial charge >= 0.3 is 5.97 Å². The van der Waals surface area contributed by atoms with Crippen LogP contribution in [0.15, 0.2) is 36.4 Å². The first-order chi connectivity index (χ1) is 10.5. The summed E-state index contributed by atoms with van der Waals surface area (Å²) >= 11 is 0. The minimum Gasteiger partial charge on any atom is -0.461 e. The van der Waals surface area contributed by atoms with Crippen LogP contribution < -0.4 is 5.32 Å². The van der Waals surface area contributed by atoms with Crippen LogP contribution in [-0.2, 0) is 32.1 Å². The van der Waals surface area contributed by atoms with Gasteiger partial charge in [0.1, 0.15) is 6.61 Å². The molecule has 1 aliphatic rings. The molecule has 0 saturated carbocycles. The molecule has 2 rings (SSSR count). The molecule has 5 nitrogen and oxygen atoms in total. The number of benzene rings is 1. The maximum atomic E-state index is 11.8. The number of imide groups is 1. The predicted molar refractivity (Wildman–Crippen MR) is 81.6 cm³/mol. The maximum absolute atomic E-state index is 11.8. The number of ether oxygens (including phenoxy) is 1. The number of esters is 1. The largest absolute Gasteiger partial charge is 0.461 e. The van der Waals surface area contributed by atoms with E-state index in [-0.39, 0.29) is 18.6 Å². The molecular weight excluding hydrogens is 282 g/mol. The molecule has 0 bridgehead atoms. The van der Waals surface area contributed by atoms with Gasteiger partial charge in [-0.2, -0.15) is 0 Å². The summed E-state index contributed by atoms with van der Waals surface area (Å²) in [5, 5.41) is 2.09. The molecule has 114 valence electrons. The van der Waals surface area contributed by atoms with E-state index >= 15 is 0 Å². The first-order valence-corrected chi connectivity index (χ1v) is 6.99. The van der Waals surface area contributed by atoms with E-state index < -0.39 is 17.8 Å². The van der Waals surface area contributed by atoms with Crippen LogP contribution >= 0.6 is 0 Å². The van der Waals surface area contributed by atoms with E-state index in [1.807, 2.05) is 25.1 Å². The van der Waals surface area contributed by atoms with Crippen molar-refractivity contribution in [1.29, 1.82) is 0 Å². The Morgan fingerprint density at radius 3 is 2.68 bits per heavy atom. The summed E-state index contributed by atoms with van der Waals surface area (Å²) in [4.78, 5) is 34.1. The van der Waals surface area contributed by atoms with Crippen molar-refractivity contribution in [3.8, 4) is 0 Å². The van der Waals surface area contributed by atoms with E-state index in [2.05, 4.69) is 11.9 Å². The van der Waals surface area contributed by atoms with Crippen molar-refractivity contribution in [2.75, 3.05) is 0 Å². The molecule has 1 aromatic carbocycles. The standard InChI is InChI=1S/C17H17NO4/c1-3-11-5-6-13(12(4-2)7-11)10-22-16(20)9-14-8-15(19)18-17(14)21/h3,5-8H,1,4,9-10H2,2H3,(H,18,19,21). The second kappa shape index (κ2) is 6.85. The average molecular weight is 299 g/mol. The molecule has 0 radical (unpaired) electrons. The van der Waals surface area contributed by atoms with Crippen molar-refractivity contribution >= 4 is 23.9 Å². The monoisotopic (exact) mass is 299 g/mol. The number of hydrogen-bond donors (Lipinski definition) is 1. The molecule has 0 saturated heterocycles. The number of aryl methyl sites for hydroxylation is 1. The minimum atomic E-state index is -0.536. The molecule has 0 aromatic heterocycles. The van der Waals surface area contributed by atoms with Crippen LogP contribution in [-0.4, -0.2) is 17.8 Å². The number of carbonyl (C=O) groups is 3. The lowest BCUT2D eigenvalue weighted by Gasteiger charge is -2.10. The van der Waals surface area contributed by atoms with E-state index in [9.17, 15) is 14.4 Å². The zero-order chi connectivity index (χ0) is 16.1. The molecule has 0 fully saturated rings. The Hall–Kier alpha value is -2.69. The highest BCUT2D eigenvalue weighted by Gasteiger charge is 2.23. The highest BCUT2D eigenvalue weighted by Crippen LogP contribution is 2.16. The summed E-state index contributed by atoms with van der Waals surface area (Å²) in [6.07, 6.45) is 3.50. The predicted octanol–water partition coefficient (Wildman–Crippen LogP) is 1.91. The van der Waals surface area contributed by atoms with Crippen molar-refractivity contribution in [3.05, 3.63) is 53.1 Å². The fourth-order valence-electron chi connectivity index (χ4n) is 2.19. The molecule has 0 spiro atoms.